The molecule has 0 unspecified atom stereocenters. The van der Waals surface area contributed by atoms with Crippen LogP contribution in [-0.4, -0.2) is 10.9 Å². The number of nitrogens with zero attached hydrogens (tertiary/aromatic N) is 1. The molecule has 0 aliphatic rings. The number of nitrogens with one attached hydrogen (secondary N) is 2. The molecule has 0 aliphatic heterocycles. The SMILES string of the molecule is Cc1cc(NC(=O)c2cnccc2NN)c(Cl)cc1F. The van der Waals surface area contributed by atoms with Gasteiger partial charge in [0.2, 0.25) is 0 Å². The highest BCUT2D eigenvalue weighted by molar-refractivity contribution is 6.34. The fourth-order valence-electron chi connectivity index (χ4n) is 1.64. The maximum absolute atomic E-state index is 13.3. The molecule has 0 saturated carbocycles. The average molecular weight is 295 g/mol. The summed E-state index contributed by atoms with van der Waals surface area (Å²) in [5, 5.41) is 2.71. The number of nitrogens with two attached hydrogens (primary N) is 1. The maximum atomic E-state index is 13.3. The predicted molar refractivity (Wildman–Crippen MR) is 76.1 cm³/mol. The molecule has 1 aromatic carbocycles. The molecule has 4 N–H and O–H groups in total. The topological polar surface area (TPSA) is 80.0 Å². The summed E-state index contributed by atoms with van der Waals surface area (Å²) in [6.07, 6.45) is 2.87. The van der Waals surface area contributed by atoms with E-state index in [4.69, 9.17) is 17.4 Å². The van der Waals surface area contributed by atoms with Crippen LogP contribution < -0.4 is 16.6 Å². The number of pyridine rings is 1. The first-order valence-corrected chi connectivity index (χ1v) is 6.08. The number of hydrogen-bond acceptors (Lipinski definition) is 4. The van der Waals surface area contributed by atoms with Crippen molar-refractivity contribution in [3.8, 4) is 0 Å². The van der Waals surface area contributed by atoms with Crippen LogP contribution in [0.15, 0.2) is 30.6 Å². The van der Waals surface area contributed by atoms with E-state index in [-0.39, 0.29) is 10.6 Å². The van der Waals surface area contributed by atoms with E-state index in [0.29, 0.717) is 16.9 Å². The van der Waals surface area contributed by atoms with Gasteiger partial charge in [-0.25, -0.2) is 4.39 Å². The molecule has 5 nitrogen and oxygen atoms in total. The van der Waals surface area contributed by atoms with Gasteiger partial charge in [0.25, 0.3) is 5.91 Å². The van der Waals surface area contributed by atoms with Crippen LogP contribution in [0.5, 0.6) is 0 Å². The second kappa shape index (κ2) is 5.85. The van der Waals surface area contributed by atoms with Crippen LogP contribution >= 0.6 is 11.6 Å². The van der Waals surface area contributed by atoms with Crippen molar-refractivity contribution in [3.63, 3.8) is 0 Å². The Labute approximate surface area is 119 Å². The average Bonchev–Trinajstić information content (AvgIpc) is 2.44. The summed E-state index contributed by atoms with van der Waals surface area (Å²) < 4.78 is 13.3. The lowest BCUT2D eigenvalue weighted by atomic mass is 10.2. The Balaban J connectivity index is 2.30. The van der Waals surface area contributed by atoms with Crippen LogP contribution in [0.1, 0.15) is 15.9 Å². The highest BCUT2D eigenvalue weighted by Gasteiger charge is 2.14. The zero-order valence-corrected chi connectivity index (χ0v) is 11.3. The molecule has 1 amide bonds. The van der Waals surface area contributed by atoms with Gasteiger partial charge in [0.15, 0.2) is 0 Å². The molecule has 0 atom stereocenters. The molecule has 2 aromatic rings. The summed E-state index contributed by atoms with van der Waals surface area (Å²) in [4.78, 5) is 16.0. The number of anilines is 2. The number of rotatable bonds is 3. The van der Waals surface area contributed by atoms with Crippen molar-refractivity contribution in [2.75, 3.05) is 10.7 Å². The van der Waals surface area contributed by atoms with E-state index in [1.54, 1.807) is 13.0 Å². The highest BCUT2D eigenvalue weighted by Crippen LogP contribution is 2.26. The molecule has 1 heterocycles. The number of hydrogen-bond donors (Lipinski definition) is 3. The smallest absolute Gasteiger partial charge is 0.259 e. The molecule has 0 aliphatic carbocycles. The third kappa shape index (κ3) is 2.87. The minimum absolute atomic E-state index is 0.118. The van der Waals surface area contributed by atoms with E-state index in [0.717, 1.165) is 6.07 Å². The van der Waals surface area contributed by atoms with Crippen molar-refractivity contribution >= 4 is 28.9 Å². The van der Waals surface area contributed by atoms with Gasteiger partial charge in [0, 0.05) is 12.4 Å². The Morgan fingerprint density at radius 1 is 1.40 bits per heavy atom. The summed E-state index contributed by atoms with van der Waals surface area (Å²) in [5.41, 5.74) is 3.79. The fraction of sp³-hybridized carbons (Fsp3) is 0.0769. The molecule has 0 fully saturated rings. The largest absolute Gasteiger partial charge is 0.323 e. The summed E-state index contributed by atoms with van der Waals surface area (Å²) >= 11 is 5.90. The Morgan fingerprint density at radius 2 is 2.15 bits per heavy atom. The van der Waals surface area contributed by atoms with Gasteiger partial charge in [-0.1, -0.05) is 11.6 Å². The van der Waals surface area contributed by atoms with E-state index in [1.165, 1.54) is 18.5 Å². The fourth-order valence-corrected chi connectivity index (χ4v) is 1.84. The Kier molecular flexibility index (Phi) is 4.16. The standard InChI is InChI=1S/C13H12ClFN4O/c1-7-4-12(9(14)5-10(7)15)18-13(20)8-6-17-3-2-11(8)19-16/h2-6H,16H2,1H3,(H,17,19)(H,18,20). The number of nitrogen functional groups attached to an aromatic ring is 1. The molecule has 20 heavy (non-hydrogen) atoms. The van der Waals surface area contributed by atoms with Crippen molar-refractivity contribution in [1.29, 1.82) is 0 Å². The zero-order valence-electron chi connectivity index (χ0n) is 10.6. The van der Waals surface area contributed by atoms with Crippen molar-refractivity contribution in [2.24, 2.45) is 5.84 Å². The van der Waals surface area contributed by atoms with Gasteiger partial charge in [0.1, 0.15) is 5.82 Å². The van der Waals surface area contributed by atoms with Crippen LogP contribution in [0.2, 0.25) is 5.02 Å². The quantitative estimate of drug-likeness (QED) is 0.600. The lowest BCUT2D eigenvalue weighted by Gasteiger charge is -2.11. The van der Waals surface area contributed by atoms with Crippen LogP contribution in [-0.2, 0) is 0 Å². The normalized spacial score (nSPS) is 10.2. The van der Waals surface area contributed by atoms with Crippen LogP contribution in [0, 0.1) is 12.7 Å². The van der Waals surface area contributed by atoms with Gasteiger partial charge >= 0.3 is 0 Å². The van der Waals surface area contributed by atoms with Crippen molar-refractivity contribution in [1.82, 2.24) is 4.98 Å². The first-order chi connectivity index (χ1) is 9.52. The van der Waals surface area contributed by atoms with Gasteiger partial charge in [-0.2, -0.15) is 0 Å². The summed E-state index contributed by atoms with van der Waals surface area (Å²) in [7, 11) is 0. The van der Waals surface area contributed by atoms with E-state index in [1.807, 2.05) is 0 Å². The van der Waals surface area contributed by atoms with Crippen LogP contribution in [0.25, 0.3) is 0 Å². The van der Waals surface area contributed by atoms with Gasteiger partial charge in [-0.3, -0.25) is 15.6 Å². The Hall–Kier alpha value is -2.18. The number of carbonyl (C=O) groups excluding carboxylic acids is 1. The molecular weight excluding hydrogens is 283 g/mol. The predicted octanol–water partition coefficient (Wildman–Crippen LogP) is 2.72. The summed E-state index contributed by atoms with van der Waals surface area (Å²) in [6, 6.07) is 4.17. The van der Waals surface area contributed by atoms with E-state index >= 15 is 0 Å². The first-order valence-electron chi connectivity index (χ1n) is 5.70. The van der Waals surface area contributed by atoms with E-state index < -0.39 is 11.7 Å². The molecule has 1 aromatic heterocycles. The number of halogens is 2. The van der Waals surface area contributed by atoms with Gasteiger partial charge < -0.3 is 10.7 Å². The first kappa shape index (κ1) is 14.2. The Morgan fingerprint density at radius 3 is 2.85 bits per heavy atom. The lowest BCUT2D eigenvalue weighted by molar-refractivity contribution is 0.102. The van der Waals surface area contributed by atoms with Gasteiger partial charge in [-0.15, -0.1) is 0 Å². The molecule has 0 spiro atoms. The van der Waals surface area contributed by atoms with E-state index in [2.05, 4.69) is 15.7 Å². The van der Waals surface area contributed by atoms with Gasteiger partial charge in [0.05, 0.1) is 22.0 Å². The molecular formula is C13H12ClFN4O. The minimum Gasteiger partial charge on any atom is -0.323 e. The van der Waals surface area contributed by atoms with Crippen LogP contribution in [0.3, 0.4) is 0 Å². The monoisotopic (exact) mass is 294 g/mol. The number of aryl methyl sites for hydroxylation is 1. The molecule has 0 bridgehead atoms. The van der Waals surface area contributed by atoms with Crippen molar-refractivity contribution in [2.45, 2.75) is 6.92 Å². The number of aromatic nitrogens is 1. The van der Waals surface area contributed by atoms with Crippen molar-refractivity contribution < 1.29 is 9.18 Å². The van der Waals surface area contributed by atoms with Gasteiger partial charge in [-0.05, 0) is 30.7 Å². The molecule has 0 saturated heterocycles. The van der Waals surface area contributed by atoms with Crippen molar-refractivity contribution in [3.05, 3.63) is 52.6 Å². The lowest BCUT2D eigenvalue weighted by Crippen LogP contribution is -2.17. The Bertz CT molecular complexity index is 663. The second-order valence-electron chi connectivity index (χ2n) is 4.10. The van der Waals surface area contributed by atoms with Crippen LogP contribution in [0.4, 0.5) is 15.8 Å². The second-order valence-corrected chi connectivity index (χ2v) is 4.51. The summed E-state index contributed by atoms with van der Waals surface area (Å²) in [6.45, 7) is 1.58. The molecule has 2 rings (SSSR count). The third-order valence-electron chi connectivity index (χ3n) is 2.72. The number of benzene rings is 1. The molecule has 0 radical (unpaired) electrons. The maximum Gasteiger partial charge on any atom is 0.259 e. The third-order valence-corrected chi connectivity index (χ3v) is 3.03. The number of hydrazine groups is 1. The summed E-state index contributed by atoms with van der Waals surface area (Å²) in [5.74, 6) is 4.45. The highest BCUT2D eigenvalue weighted by atomic mass is 35.5. The van der Waals surface area contributed by atoms with E-state index in [9.17, 15) is 9.18 Å². The number of amides is 1. The minimum atomic E-state index is -0.445. The molecule has 104 valence electrons. The zero-order chi connectivity index (χ0) is 14.7. The number of carbonyl (C=O) groups is 1. The molecule has 7 heteroatoms.